The lowest BCUT2D eigenvalue weighted by Gasteiger charge is -2.21. The molecule has 0 aliphatic rings. The Balaban J connectivity index is 5.27. The molecule has 0 saturated heterocycles. The smallest absolute Gasteiger partial charge is 0.462 e. The predicted octanol–water partition coefficient (Wildman–Crippen LogP) is 20.9. The van der Waals surface area contributed by atoms with Crippen LogP contribution in [0.5, 0.6) is 0 Å². The molecule has 0 rings (SSSR count). The van der Waals surface area contributed by atoms with Crippen molar-refractivity contribution in [3.05, 3.63) is 0 Å². The summed E-state index contributed by atoms with van der Waals surface area (Å²) < 4.78 is 68.4. The third-order valence-electron chi connectivity index (χ3n) is 17.5. The Kier molecular flexibility index (Phi) is 61.3. The zero-order valence-corrected chi connectivity index (χ0v) is 62.0. The minimum atomic E-state index is -4.96. The summed E-state index contributed by atoms with van der Waals surface area (Å²) in [5.74, 6) is 0.942. The van der Waals surface area contributed by atoms with E-state index in [2.05, 4.69) is 55.4 Å². The molecule has 0 fully saturated rings. The van der Waals surface area contributed by atoms with Gasteiger partial charge in [0, 0.05) is 25.7 Å². The van der Waals surface area contributed by atoms with Crippen LogP contribution in [-0.2, 0) is 65.4 Å². The van der Waals surface area contributed by atoms with Crippen molar-refractivity contribution in [1.82, 2.24) is 0 Å². The molecule has 0 aromatic rings. The minimum Gasteiger partial charge on any atom is -0.462 e. The van der Waals surface area contributed by atoms with Crippen molar-refractivity contribution in [3.8, 4) is 0 Å². The highest BCUT2D eigenvalue weighted by Gasteiger charge is 2.30. The monoisotopic (exact) mass is 1350 g/mol. The fourth-order valence-electron chi connectivity index (χ4n) is 11.0. The largest absolute Gasteiger partial charge is 0.472 e. The molecule has 17 nitrogen and oxygen atoms in total. The molecule has 19 heteroatoms. The Morgan fingerprint density at radius 3 is 0.772 bits per heavy atom. The maximum Gasteiger partial charge on any atom is 0.472 e. The molecule has 7 atom stereocenters. The van der Waals surface area contributed by atoms with Crippen molar-refractivity contribution in [1.29, 1.82) is 0 Å². The molecule has 0 saturated carbocycles. The van der Waals surface area contributed by atoms with Crippen LogP contribution in [0.3, 0.4) is 0 Å². The molecule has 546 valence electrons. The topological polar surface area (TPSA) is 237 Å². The first-order chi connectivity index (χ1) is 44.2. The maximum atomic E-state index is 13.1. The van der Waals surface area contributed by atoms with Crippen molar-refractivity contribution in [2.24, 2.45) is 23.7 Å². The van der Waals surface area contributed by atoms with Gasteiger partial charge >= 0.3 is 39.5 Å². The van der Waals surface area contributed by atoms with E-state index in [1.54, 1.807) is 0 Å². The fraction of sp³-hybridized carbons (Fsp3) is 0.945. The normalized spacial score (nSPS) is 14.8. The number of aliphatic hydroxyl groups is 1. The Hall–Kier alpha value is -1.94. The van der Waals surface area contributed by atoms with Crippen molar-refractivity contribution in [2.75, 3.05) is 39.6 Å². The average Bonchev–Trinajstić information content (AvgIpc) is 2.14. The summed E-state index contributed by atoms with van der Waals surface area (Å²) in [5.41, 5.74) is 0. The van der Waals surface area contributed by atoms with E-state index < -0.39 is 97.5 Å². The first-order valence-corrected chi connectivity index (χ1v) is 40.8. The Morgan fingerprint density at radius 2 is 0.522 bits per heavy atom. The number of phosphoric ester groups is 2. The van der Waals surface area contributed by atoms with Crippen LogP contribution in [0, 0.1) is 23.7 Å². The number of phosphoric acid groups is 2. The van der Waals surface area contributed by atoms with Crippen LogP contribution in [-0.4, -0.2) is 96.7 Å². The lowest BCUT2D eigenvalue weighted by molar-refractivity contribution is -0.161. The van der Waals surface area contributed by atoms with Crippen LogP contribution in [0.4, 0.5) is 0 Å². The average molecular weight is 1350 g/mol. The second-order valence-electron chi connectivity index (χ2n) is 27.8. The van der Waals surface area contributed by atoms with E-state index >= 15 is 0 Å². The minimum absolute atomic E-state index is 0.105. The summed E-state index contributed by atoms with van der Waals surface area (Å²) in [4.78, 5) is 72.7. The molecule has 0 aliphatic heterocycles. The van der Waals surface area contributed by atoms with Crippen LogP contribution >= 0.6 is 15.6 Å². The van der Waals surface area contributed by atoms with Crippen molar-refractivity contribution in [2.45, 2.75) is 382 Å². The van der Waals surface area contributed by atoms with E-state index in [0.717, 1.165) is 120 Å². The first kappa shape index (κ1) is 90.1. The molecule has 4 unspecified atom stereocenters. The zero-order valence-electron chi connectivity index (χ0n) is 60.2. The van der Waals surface area contributed by atoms with E-state index in [1.807, 2.05) is 0 Å². The SMILES string of the molecule is CCC(C)CCCCCCCCCCCCC(=O)O[C@H](COC(=O)CCCCCCCCCCCCCCC(C)C)COP(=O)(O)OC[C@@H](O)COP(=O)(O)OC[C@@H](COC(=O)CCCCCCCCC(C)CC)OC(=O)CCCCCCCCCCCCC(C)C. The highest BCUT2D eigenvalue weighted by molar-refractivity contribution is 7.47. The summed E-state index contributed by atoms with van der Waals surface area (Å²) in [5, 5.41) is 10.6. The number of esters is 4. The summed E-state index contributed by atoms with van der Waals surface area (Å²) in [7, 11) is -9.91. The van der Waals surface area contributed by atoms with E-state index in [0.29, 0.717) is 25.7 Å². The number of ether oxygens (including phenoxy) is 4. The van der Waals surface area contributed by atoms with Gasteiger partial charge in [0.2, 0.25) is 0 Å². The molecule has 3 N–H and O–H groups in total. The van der Waals surface area contributed by atoms with Crippen LogP contribution < -0.4 is 0 Å². The summed E-state index contributed by atoms with van der Waals surface area (Å²) in [6.45, 7) is 14.2. The second-order valence-corrected chi connectivity index (χ2v) is 30.7. The zero-order chi connectivity index (χ0) is 68.2. The van der Waals surface area contributed by atoms with Gasteiger partial charge < -0.3 is 33.8 Å². The Morgan fingerprint density at radius 1 is 0.304 bits per heavy atom. The van der Waals surface area contributed by atoms with Gasteiger partial charge in [0.25, 0.3) is 0 Å². The number of hydrogen-bond donors (Lipinski definition) is 3. The molecule has 0 radical (unpaired) electrons. The van der Waals surface area contributed by atoms with Gasteiger partial charge in [0.15, 0.2) is 12.2 Å². The lowest BCUT2D eigenvalue weighted by atomic mass is 9.99. The quantitative estimate of drug-likeness (QED) is 0.0222. The molecular weight excluding hydrogens is 1210 g/mol. The first-order valence-electron chi connectivity index (χ1n) is 37.8. The molecular formula is C73H142O17P2. The Labute approximate surface area is 562 Å². The summed E-state index contributed by atoms with van der Waals surface area (Å²) in [6, 6.07) is 0. The number of rotatable bonds is 70. The van der Waals surface area contributed by atoms with Crippen molar-refractivity contribution >= 4 is 39.5 Å². The molecule has 0 spiro atoms. The van der Waals surface area contributed by atoms with Gasteiger partial charge in [-0.15, -0.1) is 0 Å². The number of carbonyl (C=O) groups is 4. The van der Waals surface area contributed by atoms with Crippen LogP contribution in [0.15, 0.2) is 0 Å². The third-order valence-corrected chi connectivity index (χ3v) is 19.4. The van der Waals surface area contributed by atoms with Crippen LogP contribution in [0.1, 0.15) is 364 Å². The molecule has 0 bridgehead atoms. The molecule has 0 aromatic carbocycles. The lowest BCUT2D eigenvalue weighted by Crippen LogP contribution is -2.30. The van der Waals surface area contributed by atoms with Gasteiger partial charge in [-0.1, -0.05) is 312 Å². The Bertz CT molecular complexity index is 1820. The molecule has 0 amide bonds. The van der Waals surface area contributed by atoms with E-state index in [1.165, 1.54) is 161 Å². The van der Waals surface area contributed by atoms with Gasteiger partial charge in [-0.3, -0.25) is 37.3 Å². The number of aliphatic hydroxyl groups excluding tert-OH is 1. The summed E-state index contributed by atoms with van der Waals surface area (Å²) >= 11 is 0. The molecule has 0 heterocycles. The van der Waals surface area contributed by atoms with Crippen molar-refractivity contribution in [3.63, 3.8) is 0 Å². The van der Waals surface area contributed by atoms with Gasteiger partial charge in [-0.05, 0) is 49.4 Å². The highest BCUT2D eigenvalue weighted by Crippen LogP contribution is 2.45. The predicted molar refractivity (Wildman–Crippen MR) is 372 cm³/mol. The number of unbranched alkanes of at least 4 members (excludes halogenated alkanes) is 34. The molecule has 0 aromatic heterocycles. The van der Waals surface area contributed by atoms with Crippen LogP contribution in [0.2, 0.25) is 0 Å². The van der Waals surface area contributed by atoms with E-state index in [-0.39, 0.29) is 25.7 Å². The molecule has 92 heavy (non-hydrogen) atoms. The molecule has 0 aliphatic carbocycles. The fourth-order valence-corrected chi connectivity index (χ4v) is 12.5. The third kappa shape index (κ3) is 64.1. The van der Waals surface area contributed by atoms with Crippen molar-refractivity contribution < 1.29 is 80.2 Å². The van der Waals surface area contributed by atoms with Gasteiger partial charge in [0.1, 0.15) is 19.3 Å². The second kappa shape index (κ2) is 62.6. The highest BCUT2D eigenvalue weighted by atomic mass is 31.2. The standard InChI is InChI=1S/C73H142O17P2/c1-9-65(7)51-43-35-27-21-16-18-24-30-40-48-56-73(78)89-68(59-83-70(75)53-45-37-28-22-14-12-11-13-19-25-33-41-49-63(3)4)61-87-91(79,80)85-57-67(74)58-86-92(81,82)88-62-69(60-84-71(76)54-46-38-32-31-36-44-52-66(8)10-2)90-72(77)55-47-39-29-23-17-15-20-26-34-42-50-64(5)6/h63-69,74H,9-62H2,1-8H3,(H,79,80)(H,81,82)/t65?,66?,67-,68-,69-/m1/s1. The van der Waals surface area contributed by atoms with Crippen LogP contribution in [0.25, 0.3) is 0 Å². The van der Waals surface area contributed by atoms with Gasteiger partial charge in [0.05, 0.1) is 26.4 Å². The maximum absolute atomic E-state index is 13.1. The van der Waals surface area contributed by atoms with Gasteiger partial charge in [-0.2, -0.15) is 0 Å². The van der Waals surface area contributed by atoms with Gasteiger partial charge in [-0.25, -0.2) is 9.13 Å². The number of carbonyl (C=O) groups excluding carboxylic acids is 4. The summed E-state index contributed by atoms with van der Waals surface area (Å²) in [6.07, 6.45) is 45.7. The van der Waals surface area contributed by atoms with E-state index in [4.69, 9.17) is 37.0 Å². The number of hydrogen-bond acceptors (Lipinski definition) is 15. The van der Waals surface area contributed by atoms with E-state index in [9.17, 15) is 43.2 Å².